The van der Waals surface area contributed by atoms with Crippen LogP contribution in [-0.2, 0) is 11.0 Å². The number of aromatic nitrogens is 1. The quantitative estimate of drug-likeness (QED) is 0.820. The van der Waals surface area contributed by atoms with Crippen molar-refractivity contribution in [3.05, 3.63) is 52.7 Å². The normalized spacial score (nSPS) is 11.0. The van der Waals surface area contributed by atoms with E-state index in [4.69, 9.17) is 5.26 Å². The molecule has 1 heterocycles. The number of thioether (sulfide) groups is 1. The number of rotatable bonds is 4. The molecule has 0 spiro atoms. The van der Waals surface area contributed by atoms with Crippen LogP contribution in [0.15, 0.2) is 35.4 Å². The zero-order valence-corrected chi connectivity index (χ0v) is 14.3. The molecule has 8 heteroatoms. The van der Waals surface area contributed by atoms with Crippen molar-refractivity contribution in [3.63, 3.8) is 0 Å². The molecule has 0 aliphatic heterocycles. The lowest BCUT2D eigenvalue weighted by atomic mass is 10.1. The van der Waals surface area contributed by atoms with Crippen LogP contribution in [0.25, 0.3) is 0 Å². The van der Waals surface area contributed by atoms with Crippen molar-refractivity contribution in [3.8, 4) is 6.07 Å². The molecule has 1 aromatic heterocycles. The van der Waals surface area contributed by atoms with Crippen molar-refractivity contribution in [2.24, 2.45) is 0 Å². The maximum atomic E-state index is 12.9. The fourth-order valence-electron chi connectivity index (χ4n) is 2.08. The number of alkyl halides is 3. The summed E-state index contributed by atoms with van der Waals surface area (Å²) in [5.41, 5.74) is 0.699. The van der Waals surface area contributed by atoms with Gasteiger partial charge in [0.2, 0.25) is 5.91 Å². The summed E-state index contributed by atoms with van der Waals surface area (Å²) in [5.74, 6) is -0.549. The minimum absolute atomic E-state index is 0.0429. The fourth-order valence-corrected chi connectivity index (χ4v) is 2.94. The third-order valence-corrected chi connectivity index (χ3v) is 4.20. The summed E-state index contributed by atoms with van der Waals surface area (Å²) in [6.45, 7) is 3.28. The molecule has 0 saturated carbocycles. The molecule has 0 aliphatic carbocycles. The summed E-state index contributed by atoms with van der Waals surface area (Å²) in [6, 6.07) is 9.81. The number of nitriles is 1. The van der Waals surface area contributed by atoms with Crippen molar-refractivity contribution in [2.75, 3.05) is 11.1 Å². The van der Waals surface area contributed by atoms with E-state index in [9.17, 15) is 18.0 Å². The number of aryl methyl sites for hydroxylation is 2. The largest absolute Gasteiger partial charge is 0.433 e. The van der Waals surface area contributed by atoms with Gasteiger partial charge < -0.3 is 5.32 Å². The number of amides is 1. The van der Waals surface area contributed by atoms with E-state index in [1.54, 1.807) is 18.2 Å². The van der Waals surface area contributed by atoms with Crippen molar-refractivity contribution in [2.45, 2.75) is 25.0 Å². The summed E-state index contributed by atoms with van der Waals surface area (Å²) in [5, 5.41) is 11.7. The smallest absolute Gasteiger partial charge is 0.325 e. The van der Waals surface area contributed by atoms with Crippen LogP contribution in [0.1, 0.15) is 22.4 Å². The zero-order chi connectivity index (χ0) is 18.6. The summed E-state index contributed by atoms with van der Waals surface area (Å²) < 4.78 is 38.6. The maximum absolute atomic E-state index is 12.9. The average molecular weight is 365 g/mol. The lowest BCUT2D eigenvalue weighted by Crippen LogP contribution is -2.15. The molecular formula is C17H14F3N3OS. The number of halogens is 3. The predicted octanol–water partition coefficient (Wildman–Crippen LogP) is 4.32. The Kier molecular flexibility index (Phi) is 5.69. The SMILES string of the molecule is Cc1cccc(NC(=O)CSc2nc(C(F)(F)F)cc(C)c2C#N)c1. The van der Waals surface area contributed by atoms with Crippen LogP contribution in [0.2, 0.25) is 0 Å². The van der Waals surface area contributed by atoms with Gasteiger partial charge in [0.15, 0.2) is 0 Å². The van der Waals surface area contributed by atoms with Gasteiger partial charge in [0.1, 0.15) is 16.8 Å². The van der Waals surface area contributed by atoms with E-state index < -0.39 is 17.8 Å². The van der Waals surface area contributed by atoms with Crippen LogP contribution < -0.4 is 5.32 Å². The van der Waals surface area contributed by atoms with Gasteiger partial charge in [0, 0.05) is 5.69 Å². The first kappa shape index (κ1) is 18.8. The molecular weight excluding hydrogens is 351 g/mol. The Hall–Kier alpha value is -2.53. The molecule has 0 aliphatic rings. The fraction of sp³-hybridized carbons (Fsp3) is 0.235. The van der Waals surface area contributed by atoms with Gasteiger partial charge in [0.25, 0.3) is 0 Å². The van der Waals surface area contributed by atoms with E-state index in [1.807, 2.05) is 19.1 Å². The Bertz CT molecular complexity index is 844. The van der Waals surface area contributed by atoms with Crippen molar-refractivity contribution >= 4 is 23.4 Å². The molecule has 0 unspecified atom stereocenters. The molecule has 1 aromatic carbocycles. The third kappa shape index (κ3) is 4.97. The molecule has 0 bridgehead atoms. The number of anilines is 1. The highest BCUT2D eigenvalue weighted by Gasteiger charge is 2.34. The van der Waals surface area contributed by atoms with Crippen LogP contribution in [0.3, 0.4) is 0 Å². The molecule has 0 atom stereocenters. The van der Waals surface area contributed by atoms with Gasteiger partial charge in [-0.2, -0.15) is 18.4 Å². The van der Waals surface area contributed by atoms with Crippen LogP contribution in [0.4, 0.5) is 18.9 Å². The number of nitrogens with one attached hydrogen (secondary N) is 1. The molecule has 4 nitrogen and oxygen atoms in total. The Balaban J connectivity index is 2.15. The highest BCUT2D eigenvalue weighted by atomic mass is 32.2. The number of benzene rings is 1. The van der Waals surface area contributed by atoms with Gasteiger partial charge >= 0.3 is 6.18 Å². The Labute approximate surface area is 147 Å². The molecule has 0 saturated heterocycles. The first-order valence-electron chi connectivity index (χ1n) is 7.19. The summed E-state index contributed by atoms with van der Waals surface area (Å²) in [7, 11) is 0. The standard InChI is InChI=1S/C17H14F3N3OS/c1-10-4-3-5-12(6-10)22-15(24)9-25-16-13(8-21)11(2)7-14(23-16)17(18,19)20/h3-7H,9H2,1-2H3,(H,22,24). The third-order valence-electron chi connectivity index (χ3n) is 3.23. The lowest BCUT2D eigenvalue weighted by Gasteiger charge is -2.11. The minimum atomic E-state index is -4.61. The van der Waals surface area contributed by atoms with Gasteiger partial charge in [0.05, 0.1) is 11.3 Å². The highest BCUT2D eigenvalue weighted by molar-refractivity contribution is 8.00. The van der Waals surface area contributed by atoms with Crippen LogP contribution in [0, 0.1) is 25.2 Å². The first-order chi connectivity index (χ1) is 11.7. The molecule has 2 rings (SSSR count). The average Bonchev–Trinajstić information content (AvgIpc) is 2.51. The number of carbonyl (C=O) groups is 1. The monoisotopic (exact) mass is 365 g/mol. The molecule has 2 aromatic rings. The van der Waals surface area contributed by atoms with Gasteiger partial charge in [-0.1, -0.05) is 23.9 Å². The van der Waals surface area contributed by atoms with Crippen LogP contribution in [-0.4, -0.2) is 16.6 Å². The van der Waals surface area contributed by atoms with Gasteiger partial charge in [-0.05, 0) is 43.2 Å². The summed E-state index contributed by atoms with van der Waals surface area (Å²) in [4.78, 5) is 15.5. The molecule has 1 amide bonds. The second kappa shape index (κ2) is 7.57. The van der Waals surface area contributed by atoms with Crippen LogP contribution >= 0.6 is 11.8 Å². The van der Waals surface area contributed by atoms with Crippen molar-refractivity contribution in [1.29, 1.82) is 5.26 Å². The van der Waals surface area contributed by atoms with E-state index >= 15 is 0 Å². The maximum Gasteiger partial charge on any atom is 0.433 e. The minimum Gasteiger partial charge on any atom is -0.325 e. The molecule has 130 valence electrons. The lowest BCUT2D eigenvalue weighted by molar-refractivity contribution is -0.141. The first-order valence-corrected chi connectivity index (χ1v) is 8.17. The number of hydrogen-bond donors (Lipinski definition) is 1. The number of nitrogens with zero attached hydrogens (tertiary/aromatic N) is 2. The van der Waals surface area contributed by atoms with E-state index in [-0.39, 0.29) is 21.9 Å². The van der Waals surface area contributed by atoms with Gasteiger partial charge in [-0.15, -0.1) is 0 Å². The zero-order valence-electron chi connectivity index (χ0n) is 13.4. The van der Waals surface area contributed by atoms with Gasteiger partial charge in [-0.25, -0.2) is 4.98 Å². The molecule has 1 N–H and O–H groups in total. The van der Waals surface area contributed by atoms with Crippen molar-refractivity contribution < 1.29 is 18.0 Å². The Morgan fingerprint density at radius 3 is 2.64 bits per heavy atom. The topological polar surface area (TPSA) is 65.8 Å². The highest BCUT2D eigenvalue weighted by Crippen LogP contribution is 2.32. The number of hydrogen-bond acceptors (Lipinski definition) is 4. The summed E-state index contributed by atoms with van der Waals surface area (Å²) >= 11 is 0.802. The van der Waals surface area contributed by atoms with E-state index in [2.05, 4.69) is 10.3 Å². The summed E-state index contributed by atoms with van der Waals surface area (Å²) in [6.07, 6.45) is -4.61. The van der Waals surface area contributed by atoms with Crippen molar-refractivity contribution in [1.82, 2.24) is 4.98 Å². The number of pyridine rings is 1. The molecule has 25 heavy (non-hydrogen) atoms. The van der Waals surface area contributed by atoms with E-state index in [0.29, 0.717) is 5.69 Å². The number of carbonyl (C=O) groups excluding carboxylic acids is 1. The van der Waals surface area contributed by atoms with Gasteiger partial charge in [-0.3, -0.25) is 4.79 Å². The second-order valence-corrected chi connectivity index (χ2v) is 6.28. The molecule has 0 radical (unpaired) electrons. The second-order valence-electron chi connectivity index (χ2n) is 5.32. The Morgan fingerprint density at radius 2 is 2.04 bits per heavy atom. The molecule has 0 fully saturated rings. The van der Waals surface area contributed by atoms with Crippen LogP contribution in [0.5, 0.6) is 0 Å². The van der Waals surface area contributed by atoms with E-state index in [0.717, 1.165) is 23.4 Å². The van der Waals surface area contributed by atoms with E-state index in [1.165, 1.54) is 6.92 Å². The Morgan fingerprint density at radius 1 is 1.32 bits per heavy atom. The predicted molar refractivity (Wildman–Crippen MR) is 89.2 cm³/mol.